The molecule has 10 nitrogen and oxygen atoms in total. The van der Waals surface area contributed by atoms with Crippen molar-refractivity contribution < 1.29 is 35.9 Å². The Hall–Kier alpha value is -3.04. The third kappa shape index (κ3) is 7.07. The third-order valence-electron chi connectivity index (χ3n) is 6.89. The van der Waals surface area contributed by atoms with Crippen LogP contribution in [0.25, 0.3) is 0 Å². The van der Waals surface area contributed by atoms with E-state index in [1.54, 1.807) is 24.4 Å². The molecule has 0 unspecified atom stereocenters. The number of carbonyl (C=O) groups excluding carboxylic acids is 1. The molecule has 14 heteroatoms. The number of hydrogen-bond acceptors (Lipinski definition) is 8. The molecular formula is C27H32FN3O7S3. The number of aliphatic hydroxyl groups is 1. The first-order valence-electron chi connectivity index (χ1n) is 12.8. The zero-order valence-corrected chi connectivity index (χ0v) is 25.2. The minimum atomic E-state index is -3.99. The highest BCUT2D eigenvalue weighted by molar-refractivity contribution is 7.94. The van der Waals surface area contributed by atoms with Gasteiger partial charge in [-0.25, -0.2) is 21.2 Å². The smallest absolute Gasteiger partial charge is 0.271 e. The quantitative estimate of drug-likeness (QED) is 0.373. The van der Waals surface area contributed by atoms with Crippen LogP contribution in [0, 0.1) is 11.7 Å². The van der Waals surface area contributed by atoms with Crippen LogP contribution in [-0.4, -0.2) is 75.9 Å². The second kappa shape index (κ2) is 12.4. The first kappa shape index (κ1) is 30.9. The van der Waals surface area contributed by atoms with Gasteiger partial charge in [0.15, 0.2) is 0 Å². The van der Waals surface area contributed by atoms with Gasteiger partial charge in [0, 0.05) is 30.8 Å². The highest BCUT2D eigenvalue weighted by Crippen LogP contribution is 2.31. The SMILES string of the molecule is C[C@@H]1CN([C@H](C)CO)C(=O)Cc2cc(NS(=O)(=O)c3cccs3)ccc2O[C@H]1CN(C)S(=O)(=O)c1ccc(F)cc1. The van der Waals surface area contributed by atoms with Crippen molar-refractivity contribution in [2.24, 2.45) is 5.92 Å². The molecule has 3 atom stereocenters. The van der Waals surface area contributed by atoms with E-state index < -0.39 is 38.0 Å². The van der Waals surface area contributed by atoms with E-state index in [0.717, 1.165) is 27.8 Å². The minimum absolute atomic E-state index is 0.0779. The molecule has 1 amide bonds. The van der Waals surface area contributed by atoms with Gasteiger partial charge in [-0.1, -0.05) is 13.0 Å². The van der Waals surface area contributed by atoms with E-state index in [4.69, 9.17) is 4.74 Å². The third-order valence-corrected chi connectivity index (χ3v) is 11.5. The number of fused-ring (bicyclic) bond motifs is 1. The molecule has 0 bridgehead atoms. The molecule has 0 spiro atoms. The number of benzene rings is 2. The van der Waals surface area contributed by atoms with Crippen molar-refractivity contribution in [3.8, 4) is 5.75 Å². The summed E-state index contributed by atoms with van der Waals surface area (Å²) in [7, 11) is -6.44. The Labute approximate surface area is 243 Å². The summed E-state index contributed by atoms with van der Waals surface area (Å²) < 4.78 is 75.5. The first-order chi connectivity index (χ1) is 19.3. The topological polar surface area (TPSA) is 133 Å². The number of hydrogen-bond donors (Lipinski definition) is 2. The summed E-state index contributed by atoms with van der Waals surface area (Å²) in [6, 6.07) is 11.7. The van der Waals surface area contributed by atoms with E-state index in [1.807, 2.05) is 6.92 Å². The van der Waals surface area contributed by atoms with Crippen molar-refractivity contribution in [3.05, 3.63) is 71.4 Å². The van der Waals surface area contributed by atoms with Gasteiger partial charge in [-0.15, -0.1) is 11.3 Å². The lowest BCUT2D eigenvalue weighted by atomic mass is 10.0. The molecule has 0 saturated heterocycles. The van der Waals surface area contributed by atoms with Gasteiger partial charge < -0.3 is 14.7 Å². The van der Waals surface area contributed by atoms with Gasteiger partial charge in [0.25, 0.3) is 10.0 Å². The summed E-state index contributed by atoms with van der Waals surface area (Å²) in [4.78, 5) is 14.8. The minimum Gasteiger partial charge on any atom is -0.488 e. The molecule has 222 valence electrons. The van der Waals surface area contributed by atoms with Gasteiger partial charge in [-0.05, 0) is 60.8 Å². The predicted molar refractivity (Wildman–Crippen MR) is 153 cm³/mol. The van der Waals surface area contributed by atoms with Gasteiger partial charge >= 0.3 is 0 Å². The Morgan fingerprint density at radius 2 is 1.88 bits per heavy atom. The highest BCUT2D eigenvalue weighted by atomic mass is 32.2. The first-order valence-corrected chi connectivity index (χ1v) is 16.6. The normalized spacial score (nSPS) is 19.1. The Morgan fingerprint density at radius 1 is 1.17 bits per heavy atom. The highest BCUT2D eigenvalue weighted by Gasteiger charge is 2.33. The van der Waals surface area contributed by atoms with E-state index in [0.29, 0.717) is 11.3 Å². The van der Waals surface area contributed by atoms with E-state index in [9.17, 15) is 31.1 Å². The zero-order chi connectivity index (χ0) is 29.9. The van der Waals surface area contributed by atoms with Crippen LogP contribution in [-0.2, 0) is 31.3 Å². The lowest BCUT2D eigenvalue weighted by molar-refractivity contribution is -0.134. The van der Waals surface area contributed by atoms with Crippen LogP contribution in [0.5, 0.6) is 5.75 Å². The summed E-state index contributed by atoms with van der Waals surface area (Å²) in [6.07, 6.45) is -0.862. The van der Waals surface area contributed by atoms with E-state index in [-0.39, 0.29) is 52.7 Å². The number of ether oxygens (including phenoxy) is 1. The number of nitrogens with zero attached hydrogens (tertiary/aromatic N) is 2. The molecule has 0 fully saturated rings. The van der Waals surface area contributed by atoms with Crippen LogP contribution in [0.15, 0.2) is 69.1 Å². The number of amides is 1. The molecule has 4 rings (SSSR count). The summed E-state index contributed by atoms with van der Waals surface area (Å²) >= 11 is 1.07. The molecular weight excluding hydrogens is 594 g/mol. The van der Waals surface area contributed by atoms with E-state index in [2.05, 4.69) is 4.72 Å². The van der Waals surface area contributed by atoms with Crippen molar-refractivity contribution in [1.29, 1.82) is 0 Å². The van der Waals surface area contributed by atoms with Crippen LogP contribution in [0.1, 0.15) is 19.4 Å². The van der Waals surface area contributed by atoms with Crippen molar-refractivity contribution in [2.75, 3.05) is 31.5 Å². The zero-order valence-electron chi connectivity index (χ0n) is 22.7. The maximum atomic E-state index is 13.4. The number of rotatable bonds is 9. The molecule has 41 heavy (non-hydrogen) atoms. The number of thiophene rings is 1. The molecule has 2 heterocycles. The van der Waals surface area contributed by atoms with Crippen LogP contribution >= 0.6 is 11.3 Å². The Balaban J connectivity index is 1.68. The van der Waals surface area contributed by atoms with Gasteiger partial charge in [-0.3, -0.25) is 9.52 Å². The maximum Gasteiger partial charge on any atom is 0.271 e. The van der Waals surface area contributed by atoms with Gasteiger partial charge in [0.05, 0.1) is 30.5 Å². The number of nitrogens with one attached hydrogen (secondary N) is 1. The standard InChI is InChI=1S/C27H32FN3O7S3/c1-18-15-31(19(2)17-32)26(33)14-20-13-22(29-40(34,35)27-5-4-12-39-27)8-11-24(20)38-25(18)16-30(3)41(36,37)23-9-6-21(28)7-10-23/h4-13,18-19,25,29,32H,14-17H2,1-3H3/t18-,19-,25+/m1/s1. The number of aliphatic hydroxyl groups excluding tert-OH is 1. The molecule has 3 aromatic rings. The summed E-state index contributed by atoms with van der Waals surface area (Å²) in [5.41, 5.74) is 0.634. The van der Waals surface area contributed by atoms with Crippen molar-refractivity contribution >= 4 is 43.0 Å². The van der Waals surface area contributed by atoms with Crippen LogP contribution in [0.2, 0.25) is 0 Å². The van der Waals surface area contributed by atoms with E-state index >= 15 is 0 Å². The lowest BCUT2D eigenvalue weighted by Gasteiger charge is -2.33. The Morgan fingerprint density at radius 3 is 2.51 bits per heavy atom. The fourth-order valence-electron chi connectivity index (χ4n) is 4.47. The molecule has 1 aliphatic rings. The van der Waals surface area contributed by atoms with Crippen LogP contribution < -0.4 is 9.46 Å². The molecule has 0 saturated carbocycles. The average molecular weight is 626 g/mol. The fraction of sp³-hybridized carbons (Fsp3) is 0.370. The van der Waals surface area contributed by atoms with Crippen molar-refractivity contribution in [1.82, 2.24) is 9.21 Å². The largest absolute Gasteiger partial charge is 0.488 e. The lowest BCUT2D eigenvalue weighted by Crippen LogP contribution is -2.48. The van der Waals surface area contributed by atoms with Gasteiger partial charge in [0.1, 0.15) is 21.9 Å². The second-order valence-electron chi connectivity index (χ2n) is 9.99. The van der Waals surface area contributed by atoms with Gasteiger partial charge in [-0.2, -0.15) is 4.31 Å². The molecule has 0 radical (unpaired) electrons. The number of likely N-dealkylation sites (N-methyl/N-ethyl adjacent to an activating group) is 1. The summed E-state index contributed by atoms with van der Waals surface area (Å²) in [6.45, 7) is 3.33. The Kier molecular flexibility index (Phi) is 9.39. The fourth-order valence-corrected chi connectivity index (χ4v) is 7.70. The van der Waals surface area contributed by atoms with Crippen LogP contribution in [0.4, 0.5) is 10.1 Å². The molecule has 1 aliphatic heterocycles. The second-order valence-corrected chi connectivity index (χ2v) is 14.9. The predicted octanol–water partition coefficient (Wildman–Crippen LogP) is 3.16. The maximum absolute atomic E-state index is 13.4. The van der Waals surface area contributed by atoms with E-state index in [1.165, 1.54) is 42.3 Å². The summed E-state index contributed by atoms with van der Waals surface area (Å²) in [5.74, 6) is -0.923. The molecule has 1 aromatic heterocycles. The number of anilines is 1. The average Bonchev–Trinajstić information content (AvgIpc) is 3.49. The molecule has 2 N–H and O–H groups in total. The van der Waals surface area contributed by atoms with Crippen molar-refractivity contribution in [2.45, 2.75) is 41.5 Å². The Bertz CT molecular complexity index is 1580. The monoisotopic (exact) mass is 625 g/mol. The molecule has 2 aromatic carbocycles. The molecule has 0 aliphatic carbocycles. The summed E-state index contributed by atoms with van der Waals surface area (Å²) in [5, 5.41) is 11.5. The number of carbonyl (C=O) groups is 1. The number of halogens is 1. The number of sulfonamides is 2. The van der Waals surface area contributed by atoms with Gasteiger partial charge in [0.2, 0.25) is 15.9 Å². The van der Waals surface area contributed by atoms with Crippen molar-refractivity contribution in [3.63, 3.8) is 0 Å². The van der Waals surface area contributed by atoms with Crippen LogP contribution in [0.3, 0.4) is 0 Å².